The molecule has 1 N–H and O–H groups in total. The molecule has 26 heavy (non-hydrogen) atoms. The van der Waals surface area contributed by atoms with Crippen LogP contribution in [0, 0.1) is 6.92 Å². The Morgan fingerprint density at radius 3 is 2.58 bits per heavy atom. The molecule has 0 saturated carbocycles. The fourth-order valence-electron chi connectivity index (χ4n) is 2.41. The lowest BCUT2D eigenvalue weighted by atomic mass is 10.3. The maximum Gasteiger partial charge on any atom is 0.279 e. The molecule has 0 amide bonds. The van der Waals surface area contributed by atoms with Crippen LogP contribution in [0.25, 0.3) is 4.96 Å². The van der Waals surface area contributed by atoms with Crippen molar-refractivity contribution in [3.63, 3.8) is 0 Å². The highest BCUT2D eigenvalue weighted by molar-refractivity contribution is 7.92. The highest BCUT2D eigenvalue weighted by Crippen LogP contribution is 2.36. The number of anilines is 1. The third-order valence-electron chi connectivity index (χ3n) is 3.58. The molecule has 0 atom stereocenters. The molecule has 11 heteroatoms. The molecular formula is C15H14ClN3O5S2. The van der Waals surface area contributed by atoms with Crippen LogP contribution >= 0.6 is 22.9 Å². The fourth-order valence-corrected chi connectivity index (χ4v) is 4.71. The summed E-state index contributed by atoms with van der Waals surface area (Å²) < 4.78 is 39.5. The number of fused-ring (bicyclic) bond motifs is 1. The van der Waals surface area contributed by atoms with Gasteiger partial charge in [0.1, 0.15) is 11.5 Å². The summed E-state index contributed by atoms with van der Waals surface area (Å²) in [4.78, 5) is 16.8. The van der Waals surface area contributed by atoms with Gasteiger partial charge in [0.25, 0.3) is 15.6 Å². The lowest BCUT2D eigenvalue weighted by Crippen LogP contribution is -2.27. The molecule has 0 aliphatic rings. The van der Waals surface area contributed by atoms with Crippen molar-refractivity contribution in [3.05, 3.63) is 44.8 Å². The number of sulfonamides is 1. The number of rotatable bonds is 5. The molecule has 0 unspecified atom stereocenters. The smallest absolute Gasteiger partial charge is 0.279 e. The van der Waals surface area contributed by atoms with Gasteiger partial charge in [-0.3, -0.25) is 13.9 Å². The van der Waals surface area contributed by atoms with Gasteiger partial charge in [-0.2, -0.15) is 0 Å². The van der Waals surface area contributed by atoms with Crippen LogP contribution in [0.2, 0.25) is 5.02 Å². The molecule has 138 valence electrons. The molecule has 0 aliphatic carbocycles. The Hall–Kier alpha value is -2.30. The Balaban J connectivity index is 2.15. The zero-order valence-electron chi connectivity index (χ0n) is 13.9. The minimum absolute atomic E-state index is 0.0861. The third-order valence-corrected chi connectivity index (χ3v) is 6.13. The van der Waals surface area contributed by atoms with Crippen LogP contribution < -0.4 is 19.8 Å². The van der Waals surface area contributed by atoms with Gasteiger partial charge in [-0.1, -0.05) is 11.6 Å². The van der Waals surface area contributed by atoms with Crippen LogP contribution in [0.3, 0.4) is 0 Å². The molecule has 2 aromatic heterocycles. The van der Waals surface area contributed by atoms with Crippen molar-refractivity contribution in [1.82, 2.24) is 9.38 Å². The van der Waals surface area contributed by atoms with Crippen molar-refractivity contribution in [3.8, 4) is 11.5 Å². The summed E-state index contributed by atoms with van der Waals surface area (Å²) in [6.07, 6.45) is 1.47. The van der Waals surface area contributed by atoms with E-state index in [4.69, 9.17) is 21.1 Å². The van der Waals surface area contributed by atoms with Crippen LogP contribution in [-0.4, -0.2) is 32.0 Å². The van der Waals surface area contributed by atoms with E-state index in [2.05, 4.69) is 9.71 Å². The van der Waals surface area contributed by atoms with Crippen molar-refractivity contribution >= 4 is 43.6 Å². The highest BCUT2D eigenvalue weighted by atomic mass is 35.5. The zero-order valence-corrected chi connectivity index (χ0v) is 16.3. The Labute approximate surface area is 158 Å². The summed E-state index contributed by atoms with van der Waals surface area (Å²) >= 11 is 7.26. The van der Waals surface area contributed by atoms with E-state index in [0.717, 1.165) is 0 Å². The molecule has 8 nitrogen and oxygen atoms in total. The third kappa shape index (κ3) is 3.11. The van der Waals surface area contributed by atoms with Gasteiger partial charge >= 0.3 is 0 Å². The quantitative estimate of drug-likeness (QED) is 0.687. The maximum absolute atomic E-state index is 12.9. The molecule has 0 radical (unpaired) electrons. The number of hydrogen-bond donors (Lipinski definition) is 1. The van der Waals surface area contributed by atoms with Gasteiger partial charge in [0.05, 0.1) is 30.6 Å². The molecule has 0 aliphatic heterocycles. The summed E-state index contributed by atoms with van der Waals surface area (Å²) in [6, 6.07) is 2.79. The number of aromatic nitrogens is 2. The number of halogens is 1. The van der Waals surface area contributed by atoms with Gasteiger partial charge in [-0.25, -0.2) is 13.4 Å². The Morgan fingerprint density at radius 1 is 1.23 bits per heavy atom. The molecule has 1 aromatic carbocycles. The first-order valence-corrected chi connectivity index (χ1v) is 9.93. The average Bonchev–Trinajstić information content (AvgIpc) is 3.04. The normalized spacial score (nSPS) is 11.5. The van der Waals surface area contributed by atoms with Crippen molar-refractivity contribution in [1.29, 1.82) is 0 Å². The number of thiazole rings is 1. The number of hydrogen-bond acceptors (Lipinski definition) is 7. The number of methoxy groups -OCH3 is 2. The second kappa shape index (κ2) is 6.78. The van der Waals surface area contributed by atoms with E-state index in [1.165, 1.54) is 55.2 Å². The first-order valence-electron chi connectivity index (χ1n) is 7.19. The summed E-state index contributed by atoms with van der Waals surface area (Å²) in [5.41, 5.74) is -0.492. The van der Waals surface area contributed by atoms with E-state index in [-0.39, 0.29) is 27.9 Å². The fraction of sp³-hybridized carbons (Fsp3) is 0.200. The Bertz CT molecular complexity index is 1150. The molecule has 0 fully saturated rings. The lowest BCUT2D eigenvalue weighted by Gasteiger charge is -2.14. The molecule has 3 rings (SSSR count). The predicted molar refractivity (Wildman–Crippen MR) is 99.4 cm³/mol. The minimum Gasteiger partial charge on any atom is -0.495 e. The first-order chi connectivity index (χ1) is 12.3. The van der Waals surface area contributed by atoms with Gasteiger partial charge in [0.2, 0.25) is 0 Å². The van der Waals surface area contributed by atoms with Gasteiger partial charge in [-0.05, 0) is 6.92 Å². The van der Waals surface area contributed by atoms with Gasteiger partial charge in [0, 0.05) is 23.7 Å². The van der Waals surface area contributed by atoms with Gasteiger partial charge < -0.3 is 9.47 Å². The second-order valence-corrected chi connectivity index (χ2v) is 8.08. The number of nitrogens with one attached hydrogen (secondary N) is 1. The number of ether oxygens (including phenoxy) is 2. The number of aryl methyl sites for hydroxylation is 1. The van der Waals surface area contributed by atoms with Crippen molar-refractivity contribution in [2.24, 2.45) is 0 Å². The van der Waals surface area contributed by atoms with Gasteiger partial charge in [-0.15, -0.1) is 11.3 Å². The molecule has 0 bridgehead atoms. The van der Waals surface area contributed by atoms with E-state index in [1.54, 1.807) is 5.38 Å². The summed E-state index contributed by atoms with van der Waals surface area (Å²) in [7, 11) is -1.46. The number of nitrogens with zero attached hydrogens (tertiary/aromatic N) is 2. The SMILES string of the molecule is COc1cc(NS(=O)(=O)c2c(C)nc3sccn3c2=O)c(OC)cc1Cl. The molecular weight excluding hydrogens is 402 g/mol. The van der Waals surface area contributed by atoms with E-state index >= 15 is 0 Å². The van der Waals surface area contributed by atoms with Crippen molar-refractivity contribution in [2.45, 2.75) is 11.8 Å². The largest absolute Gasteiger partial charge is 0.495 e. The zero-order chi connectivity index (χ0) is 19.1. The molecule has 0 saturated heterocycles. The lowest BCUT2D eigenvalue weighted by molar-refractivity contribution is 0.405. The predicted octanol–water partition coefficient (Wildman–Crippen LogP) is 2.54. The Morgan fingerprint density at radius 2 is 1.92 bits per heavy atom. The molecule has 2 heterocycles. The van der Waals surface area contributed by atoms with Crippen LogP contribution in [-0.2, 0) is 10.0 Å². The monoisotopic (exact) mass is 415 g/mol. The topological polar surface area (TPSA) is 99.0 Å². The summed E-state index contributed by atoms with van der Waals surface area (Å²) in [6.45, 7) is 1.47. The maximum atomic E-state index is 12.9. The van der Waals surface area contributed by atoms with Gasteiger partial charge in [0.15, 0.2) is 9.86 Å². The van der Waals surface area contributed by atoms with Crippen LogP contribution in [0.1, 0.15) is 5.69 Å². The summed E-state index contributed by atoms with van der Waals surface area (Å²) in [5.74, 6) is 0.437. The van der Waals surface area contributed by atoms with Crippen molar-refractivity contribution in [2.75, 3.05) is 18.9 Å². The standard InChI is InChI=1S/C15H14ClN3O5S2/c1-8-13(14(20)19-4-5-25-15(19)17-8)26(21,22)18-10-7-11(23-2)9(16)6-12(10)24-3/h4-7,18H,1-3H3. The Kier molecular flexibility index (Phi) is 4.82. The second-order valence-electron chi connectivity index (χ2n) is 5.18. The first kappa shape index (κ1) is 18.5. The van der Waals surface area contributed by atoms with E-state index in [0.29, 0.717) is 4.96 Å². The van der Waals surface area contributed by atoms with Crippen molar-refractivity contribution < 1.29 is 17.9 Å². The minimum atomic E-state index is -4.23. The molecule has 3 aromatic rings. The summed E-state index contributed by atoms with van der Waals surface area (Å²) in [5, 5.41) is 1.91. The van der Waals surface area contributed by atoms with Crippen LogP contribution in [0.15, 0.2) is 33.4 Å². The van der Waals surface area contributed by atoms with E-state index in [1.807, 2.05) is 0 Å². The highest BCUT2D eigenvalue weighted by Gasteiger charge is 2.26. The van der Waals surface area contributed by atoms with E-state index in [9.17, 15) is 13.2 Å². The van der Waals surface area contributed by atoms with Crippen LogP contribution in [0.5, 0.6) is 11.5 Å². The average molecular weight is 416 g/mol. The van der Waals surface area contributed by atoms with E-state index < -0.39 is 20.5 Å². The van der Waals surface area contributed by atoms with Crippen LogP contribution in [0.4, 0.5) is 5.69 Å². The molecule has 0 spiro atoms. The number of benzene rings is 1.